The van der Waals surface area contributed by atoms with Crippen molar-refractivity contribution in [2.75, 3.05) is 6.54 Å². The van der Waals surface area contributed by atoms with Gasteiger partial charge in [-0.2, -0.15) is 0 Å². The summed E-state index contributed by atoms with van der Waals surface area (Å²) in [5.41, 5.74) is 8.99. The fourth-order valence-electron chi connectivity index (χ4n) is 1.98. The molecule has 3 N–H and O–H groups in total. The molecule has 1 atom stereocenters. The number of aryl methyl sites for hydroxylation is 1. The molecule has 0 aliphatic carbocycles. The maximum Gasteiger partial charge on any atom is 0.0855 e. The van der Waals surface area contributed by atoms with Crippen molar-refractivity contribution in [1.29, 1.82) is 0 Å². The van der Waals surface area contributed by atoms with Crippen LogP contribution in [0.15, 0.2) is 18.2 Å². The number of nitrogens with two attached hydrogens (primary N) is 1. The Balaban J connectivity index is 3.14. The van der Waals surface area contributed by atoms with Crippen molar-refractivity contribution < 1.29 is 5.11 Å². The van der Waals surface area contributed by atoms with Gasteiger partial charge in [-0.15, -0.1) is 0 Å². The van der Waals surface area contributed by atoms with E-state index in [1.54, 1.807) is 0 Å². The topological polar surface area (TPSA) is 46.2 Å². The van der Waals surface area contributed by atoms with Crippen molar-refractivity contribution in [1.82, 2.24) is 0 Å². The van der Waals surface area contributed by atoms with E-state index in [-0.39, 0.29) is 10.8 Å². The number of aliphatic hydroxyl groups excluding tert-OH is 1. The summed E-state index contributed by atoms with van der Waals surface area (Å²) in [5.74, 6) is 0. The highest BCUT2D eigenvalue weighted by molar-refractivity contribution is 5.36. The lowest BCUT2D eigenvalue weighted by atomic mass is 9.79. The van der Waals surface area contributed by atoms with E-state index < -0.39 is 6.10 Å². The number of aliphatic hydroxyl groups is 1. The standard InChI is InChI=1S/C16H27NO/c1-11-9-12(15(2,3)4)7-8-13(11)14(18)16(5,6)10-17/h7-9,14,18H,10,17H2,1-6H3. The van der Waals surface area contributed by atoms with Crippen LogP contribution in [-0.2, 0) is 5.41 Å². The molecule has 0 radical (unpaired) electrons. The molecule has 1 unspecified atom stereocenters. The first kappa shape index (κ1) is 15.2. The third kappa shape index (κ3) is 3.12. The molecule has 0 fully saturated rings. The highest BCUT2D eigenvalue weighted by atomic mass is 16.3. The molecule has 0 saturated carbocycles. The second-order valence-electron chi connectivity index (χ2n) is 6.92. The minimum absolute atomic E-state index is 0.137. The molecule has 1 aromatic rings. The first-order chi connectivity index (χ1) is 8.09. The lowest BCUT2D eigenvalue weighted by Gasteiger charge is -2.31. The zero-order chi connectivity index (χ0) is 14.1. The summed E-state index contributed by atoms with van der Waals surface area (Å²) in [6.07, 6.45) is -0.517. The molecule has 1 aromatic carbocycles. The van der Waals surface area contributed by atoms with Gasteiger partial charge < -0.3 is 10.8 Å². The molecule has 0 heterocycles. The Bertz CT molecular complexity index is 416. The maximum atomic E-state index is 10.4. The molecule has 0 saturated heterocycles. The van der Waals surface area contributed by atoms with E-state index >= 15 is 0 Å². The Hall–Kier alpha value is -0.860. The Labute approximate surface area is 111 Å². The lowest BCUT2D eigenvalue weighted by molar-refractivity contribution is 0.0549. The molecule has 2 heteroatoms. The van der Waals surface area contributed by atoms with Gasteiger partial charge >= 0.3 is 0 Å². The van der Waals surface area contributed by atoms with Crippen LogP contribution in [0.5, 0.6) is 0 Å². The molecule has 0 aliphatic heterocycles. The molecule has 0 bridgehead atoms. The van der Waals surface area contributed by atoms with Gasteiger partial charge in [-0.05, 0) is 29.0 Å². The van der Waals surface area contributed by atoms with Crippen LogP contribution in [0.1, 0.15) is 57.4 Å². The minimum atomic E-state index is -0.517. The van der Waals surface area contributed by atoms with E-state index in [4.69, 9.17) is 5.73 Å². The SMILES string of the molecule is Cc1cc(C(C)(C)C)ccc1C(O)C(C)(C)CN. The molecule has 2 nitrogen and oxygen atoms in total. The van der Waals surface area contributed by atoms with Crippen LogP contribution < -0.4 is 5.73 Å². The van der Waals surface area contributed by atoms with Gasteiger partial charge in [0.05, 0.1) is 6.10 Å². The molecule has 1 rings (SSSR count). The van der Waals surface area contributed by atoms with Crippen molar-refractivity contribution in [3.63, 3.8) is 0 Å². The van der Waals surface area contributed by atoms with E-state index in [9.17, 15) is 5.11 Å². The van der Waals surface area contributed by atoms with Crippen LogP contribution in [-0.4, -0.2) is 11.7 Å². The van der Waals surface area contributed by atoms with Crippen molar-refractivity contribution in [3.05, 3.63) is 34.9 Å². The van der Waals surface area contributed by atoms with E-state index in [2.05, 4.69) is 39.8 Å². The third-order valence-corrected chi connectivity index (χ3v) is 3.70. The van der Waals surface area contributed by atoms with E-state index in [0.29, 0.717) is 6.54 Å². The van der Waals surface area contributed by atoms with E-state index in [1.807, 2.05) is 19.9 Å². The summed E-state index contributed by atoms with van der Waals surface area (Å²) in [6, 6.07) is 6.32. The molecule has 18 heavy (non-hydrogen) atoms. The quantitative estimate of drug-likeness (QED) is 0.863. The van der Waals surface area contributed by atoms with Crippen LogP contribution in [0.3, 0.4) is 0 Å². The number of benzene rings is 1. The minimum Gasteiger partial charge on any atom is -0.388 e. The van der Waals surface area contributed by atoms with Crippen molar-refractivity contribution in [2.24, 2.45) is 11.1 Å². The largest absolute Gasteiger partial charge is 0.388 e. The Morgan fingerprint density at radius 2 is 1.72 bits per heavy atom. The van der Waals surface area contributed by atoms with Crippen LogP contribution >= 0.6 is 0 Å². The second kappa shape index (κ2) is 5.02. The van der Waals surface area contributed by atoms with Crippen LogP contribution in [0.25, 0.3) is 0 Å². The monoisotopic (exact) mass is 249 g/mol. The van der Waals surface area contributed by atoms with Crippen molar-refractivity contribution in [3.8, 4) is 0 Å². The van der Waals surface area contributed by atoms with E-state index in [0.717, 1.165) is 11.1 Å². The molecule has 0 aliphatic rings. The summed E-state index contributed by atoms with van der Waals surface area (Å²) in [7, 11) is 0. The molecule has 102 valence electrons. The van der Waals surface area contributed by atoms with Gasteiger partial charge in [0.1, 0.15) is 0 Å². The predicted octanol–water partition coefficient (Wildman–Crippen LogP) is 3.31. The number of hydrogen-bond acceptors (Lipinski definition) is 2. The summed E-state index contributed by atoms with van der Waals surface area (Å²) < 4.78 is 0. The summed E-state index contributed by atoms with van der Waals surface area (Å²) in [5, 5.41) is 10.4. The highest BCUT2D eigenvalue weighted by Crippen LogP contribution is 2.35. The first-order valence-electron chi connectivity index (χ1n) is 6.59. The Kier molecular flexibility index (Phi) is 4.24. The number of hydrogen-bond donors (Lipinski definition) is 2. The van der Waals surface area contributed by atoms with Crippen molar-refractivity contribution >= 4 is 0 Å². The zero-order valence-electron chi connectivity index (χ0n) is 12.5. The van der Waals surface area contributed by atoms with Gasteiger partial charge in [0.15, 0.2) is 0 Å². The Morgan fingerprint density at radius 3 is 2.11 bits per heavy atom. The highest BCUT2D eigenvalue weighted by Gasteiger charge is 2.29. The lowest BCUT2D eigenvalue weighted by Crippen LogP contribution is -2.31. The smallest absolute Gasteiger partial charge is 0.0855 e. The predicted molar refractivity (Wildman–Crippen MR) is 77.7 cm³/mol. The normalized spacial score (nSPS) is 14.7. The molecular weight excluding hydrogens is 222 g/mol. The van der Waals surface area contributed by atoms with Crippen LogP contribution in [0.4, 0.5) is 0 Å². The maximum absolute atomic E-state index is 10.4. The third-order valence-electron chi connectivity index (χ3n) is 3.70. The summed E-state index contributed by atoms with van der Waals surface area (Å²) in [6.45, 7) is 13.1. The molecule has 0 amide bonds. The van der Waals surface area contributed by atoms with Gasteiger partial charge in [-0.25, -0.2) is 0 Å². The fraction of sp³-hybridized carbons (Fsp3) is 0.625. The van der Waals surface area contributed by atoms with Crippen LogP contribution in [0, 0.1) is 12.3 Å². The Morgan fingerprint density at radius 1 is 1.17 bits per heavy atom. The van der Waals surface area contributed by atoms with Gasteiger partial charge in [-0.3, -0.25) is 0 Å². The average Bonchev–Trinajstić information content (AvgIpc) is 2.26. The molecule has 0 spiro atoms. The summed E-state index contributed by atoms with van der Waals surface area (Å²) >= 11 is 0. The second-order valence-corrected chi connectivity index (χ2v) is 6.92. The van der Waals surface area contributed by atoms with Crippen LogP contribution in [0.2, 0.25) is 0 Å². The first-order valence-corrected chi connectivity index (χ1v) is 6.59. The fourth-order valence-corrected chi connectivity index (χ4v) is 1.98. The van der Waals surface area contributed by atoms with Gasteiger partial charge in [0, 0.05) is 12.0 Å². The zero-order valence-corrected chi connectivity index (χ0v) is 12.5. The van der Waals surface area contributed by atoms with E-state index in [1.165, 1.54) is 5.56 Å². The average molecular weight is 249 g/mol. The van der Waals surface area contributed by atoms with Crippen molar-refractivity contribution in [2.45, 2.75) is 53.1 Å². The molecule has 0 aromatic heterocycles. The number of rotatable bonds is 3. The molecular formula is C16H27NO. The van der Waals surface area contributed by atoms with Gasteiger partial charge in [-0.1, -0.05) is 52.8 Å². The van der Waals surface area contributed by atoms with Gasteiger partial charge in [0.2, 0.25) is 0 Å². The van der Waals surface area contributed by atoms with Gasteiger partial charge in [0.25, 0.3) is 0 Å². The summed E-state index contributed by atoms with van der Waals surface area (Å²) in [4.78, 5) is 0.